The smallest absolute Gasteiger partial charge is 0.754 e. The van der Waals surface area contributed by atoms with Gasteiger partial charge in [-0.3, -0.25) is 18.0 Å². The van der Waals surface area contributed by atoms with Gasteiger partial charge < -0.3 is 43.0 Å². The molecule has 0 fully saturated rings. The summed E-state index contributed by atoms with van der Waals surface area (Å²) in [6.07, 6.45) is -0.995. The second kappa shape index (κ2) is 33.9. The second-order valence-corrected chi connectivity index (χ2v) is 20.9. The molecule has 0 bridgehead atoms. The third-order valence-corrected chi connectivity index (χ3v) is 13.7. The van der Waals surface area contributed by atoms with Crippen LogP contribution in [0.4, 0.5) is 11.4 Å². The van der Waals surface area contributed by atoms with Crippen molar-refractivity contribution in [2.45, 2.75) is 37.3 Å². The third-order valence-electron chi connectivity index (χ3n) is 9.37. The van der Waals surface area contributed by atoms with Crippen molar-refractivity contribution in [1.82, 2.24) is 0 Å². The fraction of sp³-hybridized carbons (Fsp3) is 0.0588. The van der Waals surface area contributed by atoms with Crippen LogP contribution in [-0.4, -0.2) is 113 Å². The van der Waals surface area contributed by atoms with Crippen molar-refractivity contribution < 1.29 is 469 Å². The van der Waals surface area contributed by atoms with Gasteiger partial charge in [0.1, 0.15) is 40.5 Å². The Morgan fingerprint density at radius 2 is 0.773 bits per heavy atom. The number of allylic oxidation sites excluding steroid dienone is 4. The molecule has 0 spiro atoms. The maximum atomic E-state index is 12.9. The molecule has 0 radical (unpaired) electrons. The van der Waals surface area contributed by atoms with Gasteiger partial charge in [-0.05, 0) is 46.0 Å². The van der Waals surface area contributed by atoms with Gasteiger partial charge in [0.2, 0.25) is 0 Å². The summed E-state index contributed by atoms with van der Waals surface area (Å²) in [5, 5.41) is 5.15. The Morgan fingerprint density at radius 1 is 0.427 bits per heavy atom. The minimum atomic E-state index is -5.33. The van der Waals surface area contributed by atoms with E-state index in [1.807, 2.05) is 0 Å². The van der Waals surface area contributed by atoms with E-state index in [0.717, 1.165) is 18.2 Å². The molecule has 4 aromatic carbocycles. The summed E-state index contributed by atoms with van der Waals surface area (Å²) >= 11 is 0. The van der Waals surface area contributed by atoms with Gasteiger partial charge in [-0.2, -0.15) is 36.4 Å². The Morgan fingerprint density at radius 3 is 1.12 bits per heavy atom. The number of Topliss-reactive ketones (excluding diaryl/α,β-unsaturated/α-hetero) is 4. The van der Waals surface area contributed by atoms with Crippen molar-refractivity contribution in [2.24, 2.45) is 0 Å². The Balaban J connectivity index is -0.00000112. The number of anilines is 2. The summed E-state index contributed by atoms with van der Waals surface area (Å²) in [6, 6.07) is 13.5. The first kappa shape index (κ1) is 84.1. The van der Waals surface area contributed by atoms with Crippen molar-refractivity contribution in [3.8, 4) is 0 Å². The first-order chi connectivity index (χ1) is 31.0. The standard InChI is InChI=1S/C17H10NO11S3.C17H10NO8S2.7K.2O3S/c19-16-10-4-7(30(21,22)23)5-13(32(27,28)29)9(10)6-11(16)15-17(20)8-2-1-3-12(14(8)18-15)31(24,25)26;19-16-11-5-8(27(21,22)23)6-14(28(24,25)26)10(11)7-12(16)15-17(20)9-3-1-2-4-13(9)18-15;;;;;;;;2*1-4(2)3/h2-5,18H,6H2,(H,21,22,23)(H,24,25,26)(H,27,28,29);2-6,18H,7H2,(H,21,22,23)(H,24,25,26);;;;;;;;;/q2*-1;7*+1;;/p-5/b15-11-;15-12-;;;;;;;;;. The van der Waals surface area contributed by atoms with Crippen molar-refractivity contribution in [2.75, 3.05) is 10.6 Å². The predicted octanol–water partition coefficient (Wildman–Crippen LogP) is -22.9. The number of ketones is 4. The average molecular weight is 1350 g/mol. The van der Waals surface area contributed by atoms with Crippen LogP contribution in [0.2, 0.25) is 0 Å². The van der Waals surface area contributed by atoms with Crippen LogP contribution in [0.25, 0.3) is 0 Å². The zero-order chi connectivity index (χ0) is 51.4. The molecule has 0 saturated carbocycles. The molecule has 0 aromatic heterocycles. The van der Waals surface area contributed by atoms with Gasteiger partial charge in [-0.1, -0.05) is 16.8 Å². The molecule has 41 heteroatoms. The van der Waals surface area contributed by atoms with Crippen LogP contribution in [0.3, 0.4) is 0 Å². The van der Waals surface area contributed by atoms with Gasteiger partial charge >= 0.3 is 381 Å². The molecule has 0 saturated heterocycles. The molecule has 0 atom stereocenters. The van der Waals surface area contributed by atoms with E-state index in [9.17, 15) is 84.0 Å². The number of carbonyl (C=O) groups excluding carboxylic acids is 4. The molecule has 2 N–H and O–H groups in total. The summed E-state index contributed by atoms with van der Waals surface area (Å²) in [5.41, 5.74) is -2.82. The Kier molecular flexibility index (Phi) is 38.0. The minimum absolute atomic E-state index is 0. The van der Waals surface area contributed by atoms with E-state index in [-0.39, 0.29) is 394 Å². The molecule has 2 heterocycles. The Bertz CT molecular complexity index is 3890. The molecule has 4 aromatic rings. The zero-order valence-electron chi connectivity index (χ0n) is 39.2. The second-order valence-electron chi connectivity index (χ2n) is 13.3. The summed E-state index contributed by atoms with van der Waals surface area (Å²) in [4.78, 5) is 46.0. The molecular weight excluding hydrogens is 1330 g/mol. The van der Waals surface area contributed by atoms with Gasteiger partial charge in [0.15, 0.2) is 23.1 Å². The van der Waals surface area contributed by atoms with Crippen molar-refractivity contribution in [1.29, 1.82) is 0 Å². The van der Waals surface area contributed by atoms with E-state index in [4.69, 9.17) is 25.3 Å². The summed E-state index contributed by atoms with van der Waals surface area (Å²) in [5.74, 6) is -3.33. The number of hydrogen-bond donors (Lipinski definition) is 2. The monoisotopic (exact) mass is 1350 g/mol. The fourth-order valence-electron chi connectivity index (χ4n) is 6.77. The van der Waals surface area contributed by atoms with Crippen LogP contribution in [0, 0.1) is 12.1 Å². The topological polar surface area (TPSA) is 481 Å². The molecule has 360 valence electrons. The number of fused-ring (bicyclic) bond motifs is 4. The number of nitrogens with one attached hydrogen (secondary N) is 2. The van der Waals surface area contributed by atoms with E-state index in [1.165, 1.54) is 6.07 Å². The number of rotatable bonds is 5. The molecule has 0 amide bonds. The number of carbonyl (C=O) groups is 4. The van der Waals surface area contributed by atoms with Crippen LogP contribution >= 0.6 is 0 Å². The van der Waals surface area contributed by atoms with E-state index < -0.39 is 159 Å². The van der Waals surface area contributed by atoms with Gasteiger partial charge in [-0.15, -0.1) is 31.3 Å². The van der Waals surface area contributed by atoms with Crippen LogP contribution < -0.4 is 370 Å². The molecule has 0 unspecified atom stereocenters. The number of benzene rings is 4. The van der Waals surface area contributed by atoms with Gasteiger partial charge in [0, 0.05) is 35.1 Å². The SMILES string of the molecule is O=C1/C(=C2\Cc3c(cc(S(=O)(=O)[O-])cc3S(=O)(=O)[O-])C2=O)Nc2cc[c-]cc21.O=C1/C(=C2\Nc3c(c[c-]cc3S(=O)(=O)[O-])C2=O)Cc2c1cc(S(=O)(=O)[O-])cc2S(=O)(=O)[O-].O=S(=O)=O.O=S(=O)=O.[K+].[K+].[K+].[K+].[K+].[K+].[K+]. The van der Waals surface area contributed by atoms with E-state index in [2.05, 4.69) is 22.8 Å². The van der Waals surface area contributed by atoms with E-state index in [1.54, 1.807) is 12.1 Å². The third kappa shape index (κ3) is 21.3. The van der Waals surface area contributed by atoms with Crippen molar-refractivity contribution in [3.63, 3.8) is 0 Å². The number of hydrogen-bond acceptors (Lipinski definition) is 27. The average Bonchev–Trinajstić information content (AvgIpc) is 3.92. The molecule has 2 aliphatic carbocycles. The van der Waals surface area contributed by atoms with Gasteiger partial charge in [-0.25, -0.2) is 33.7 Å². The summed E-state index contributed by atoms with van der Waals surface area (Å²) in [7, 11) is -32.2. The first-order valence-corrected chi connectivity index (χ1v) is 26.0. The van der Waals surface area contributed by atoms with Crippen LogP contribution in [0.15, 0.2) is 102 Å². The van der Waals surface area contributed by atoms with E-state index >= 15 is 0 Å². The fourth-order valence-corrected chi connectivity index (χ4v) is 10.1. The maximum absolute atomic E-state index is 12.9. The molecule has 27 nitrogen and oxygen atoms in total. The zero-order valence-corrected chi connectivity index (χ0v) is 66.8. The van der Waals surface area contributed by atoms with Crippen LogP contribution in [0.1, 0.15) is 52.6 Å². The predicted molar refractivity (Wildman–Crippen MR) is 209 cm³/mol. The summed E-state index contributed by atoms with van der Waals surface area (Å²) in [6.45, 7) is 0. The Hall–Kier alpha value is 4.88. The minimum Gasteiger partial charge on any atom is -0.754 e. The molecule has 2 aliphatic heterocycles. The molecule has 75 heavy (non-hydrogen) atoms. The molecule has 4 aliphatic rings. The molecular formula is C34H15K7N2O25S7. The molecule has 8 rings (SSSR count). The van der Waals surface area contributed by atoms with E-state index in [0.29, 0.717) is 23.9 Å². The van der Waals surface area contributed by atoms with Crippen LogP contribution in [-0.2, 0) is 84.6 Å². The largest absolute Gasteiger partial charge is 1.00 e. The first-order valence-electron chi connectivity index (χ1n) is 17.0. The maximum Gasteiger partial charge on any atom is 1.00 e. The summed E-state index contributed by atoms with van der Waals surface area (Å²) < 4.78 is 223. The van der Waals surface area contributed by atoms with Gasteiger partial charge in [0.05, 0.1) is 41.1 Å². The van der Waals surface area contributed by atoms with Crippen molar-refractivity contribution >= 4 is 106 Å². The Labute approximate surface area is 726 Å². The normalized spacial score (nSPS) is 15.5. The van der Waals surface area contributed by atoms with Crippen molar-refractivity contribution in [3.05, 3.63) is 123 Å². The quantitative estimate of drug-likeness (QED) is 0.0811. The van der Waals surface area contributed by atoms with Crippen LogP contribution in [0.5, 0.6) is 0 Å². The van der Waals surface area contributed by atoms with Gasteiger partial charge in [0.25, 0.3) is 0 Å².